The Bertz CT molecular complexity index is 668. The molecule has 1 heterocycles. The number of imidazole rings is 1. The largest absolute Gasteiger partial charge is 0.377 e. The van der Waals surface area contributed by atoms with Crippen LogP contribution in [0.25, 0.3) is 22.4 Å². The van der Waals surface area contributed by atoms with Crippen LogP contribution in [0.5, 0.6) is 0 Å². The molecular formula is C18H20N2O. The van der Waals surface area contributed by atoms with Gasteiger partial charge in [0.1, 0.15) is 5.82 Å². The van der Waals surface area contributed by atoms with E-state index < -0.39 is 0 Å². The molecule has 1 aromatic heterocycles. The molecule has 3 nitrogen and oxygen atoms in total. The van der Waals surface area contributed by atoms with E-state index in [0.29, 0.717) is 6.61 Å². The number of hydrogen-bond acceptors (Lipinski definition) is 2. The van der Waals surface area contributed by atoms with Crippen molar-refractivity contribution in [2.24, 2.45) is 0 Å². The molecule has 21 heavy (non-hydrogen) atoms. The van der Waals surface area contributed by atoms with E-state index in [9.17, 15) is 0 Å². The molecule has 0 amide bonds. The van der Waals surface area contributed by atoms with E-state index in [2.05, 4.69) is 41.2 Å². The Morgan fingerprint density at radius 1 is 1.05 bits per heavy atom. The van der Waals surface area contributed by atoms with Gasteiger partial charge in [0, 0.05) is 12.2 Å². The number of benzene rings is 2. The van der Waals surface area contributed by atoms with Crippen LogP contribution >= 0.6 is 0 Å². The Hall–Kier alpha value is -2.13. The third-order valence-corrected chi connectivity index (χ3v) is 3.53. The van der Waals surface area contributed by atoms with Crippen molar-refractivity contribution < 1.29 is 4.74 Å². The Labute approximate surface area is 125 Å². The quantitative estimate of drug-likeness (QED) is 0.673. The fourth-order valence-electron chi connectivity index (χ4n) is 2.28. The number of H-pyrrole nitrogens is 1. The topological polar surface area (TPSA) is 37.9 Å². The smallest absolute Gasteiger partial charge is 0.138 e. The van der Waals surface area contributed by atoms with Crippen molar-refractivity contribution in [2.45, 2.75) is 26.4 Å². The Morgan fingerprint density at radius 2 is 1.86 bits per heavy atom. The van der Waals surface area contributed by atoms with Gasteiger partial charge < -0.3 is 9.72 Å². The second-order valence-electron chi connectivity index (χ2n) is 5.21. The van der Waals surface area contributed by atoms with Crippen LogP contribution < -0.4 is 0 Å². The third-order valence-electron chi connectivity index (χ3n) is 3.53. The summed E-state index contributed by atoms with van der Waals surface area (Å²) < 4.78 is 5.63. The van der Waals surface area contributed by atoms with E-state index in [1.807, 2.05) is 24.3 Å². The minimum atomic E-state index is 0.681. The molecule has 2 aromatic carbocycles. The number of nitrogens with zero attached hydrogens (tertiary/aromatic N) is 1. The van der Waals surface area contributed by atoms with Crippen molar-refractivity contribution in [3.05, 3.63) is 54.1 Å². The first-order valence-corrected chi connectivity index (χ1v) is 7.48. The summed E-state index contributed by atoms with van der Waals surface area (Å²) in [6.45, 7) is 3.69. The number of ether oxygens (including phenoxy) is 1. The summed E-state index contributed by atoms with van der Waals surface area (Å²) in [4.78, 5) is 7.96. The number of nitrogens with one attached hydrogen (secondary N) is 1. The van der Waals surface area contributed by atoms with Gasteiger partial charge in [-0.2, -0.15) is 0 Å². The van der Waals surface area contributed by atoms with Gasteiger partial charge in [0.25, 0.3) is 0 Å². The lowest BCUT2D eigenvalue weighted by Crippen LogP contribution is -1.94. The molecule has 3 heteroatoms. The van der Waals surface area contributed by atoms with Crippen molar-refractivity contribution in [3.63, 3.8) is 0 Å². The summed E-state index contributed by atoms with van der Waals surface area (Å²) in [5.74, 6) is 0.912. The van der Waals surface area contributed by atoms with Crippen LogP contribution in [0.1, 0.15) is 25.3 Å². The molecule has 3 aromatic rings. The number of fused-ring (bicyclic) bond motifs is 1. The van der Waals surface area contributed by atoms with Gasteiger partial charge in [0.15, 0.2) is 0 Å². The molecule has 0 spiro atoms. The summed E-state index contributed by atoms with van der Waals surface area (Å²) in [6, 6.07) is 16.5. The molecular weight excluding hydrogens is 260 g/mol. The lowest BCUT2D eigenvalue weighted by atomic mass is 10.1. The Kier molecular flexibility index (Phi) is 4.31. The lowest BCUT2D eigenvalue weighted by Gasteiger charge is -2.04. The molecule has 3 rings (SSSR count). The van der Waals surface area contributed by atoms with Crippen molar-refractivity contribution >= 4 is 11.0 Å². The number of rotatable bonds is 6. The molecule has 0 unspecified atom stereocenters. The number of aromatic nitrogens is 2. The highest BCUT2D eigenvalue weighted by Crippen LogP contribution is 2.20. The molecule has 0 saturated carbocycles. The predicted molar refractivity (Wildman–Crippen MR) is 86.1 cm³/mol. The molecule has 0 radical (unpaired) electrons. The second kappa shape index (κ2) is 6.55. The highest BCUT2D eigenvalue weighted by molar-refractivity contribution is 5.79. The summed E-state index contributed by atoms with van der Waals surface area (Å²) in [6.07, 6.45) is 2.29. The molecule has 108 valence electrons. The highest BCUT2D eigenvalue weighted by Gasteiger charge is 2.04. The van der Waals surface area contributed by atoms with Gasteiger partial charge in [-0.3, -0.25) is 0 Å². The van der Waals surface area contributed by atoms with Crippen molar-refractivity contribution in [1.29, 1.82) is 0 Å². The first-order valence-electron chi connectivity index (χ1n) is 7.48. The van der Waals surface area contributed by atoms with Gasteiger partial charge in [-0.25, -0.2) is 4.98 Å². The van der Waals surface area contributed by atoms with Gasteiger partial charge in [0.05, 0.1) is 17.6 Å². The van der Waals surface area contributed by atoms with Gasteiger partial charge >= 0.3 is 0 Å². The van der Waals surface area contributed by atoms with E-state index in [0.717, 1.165) is 35.4 Å². The SMILES string of the molecule is CCCCOCc1ccc(-c2nc3ccccc3[nH]2)cc1. The second-order valence-corrected chi connectivity index (χ2v) is 5.21. The first kappa shape index (κ1) is 13.8. The normalized spacial score (nSPS) is 11.1. The number of para-hydroxylation sites is 2. The first-order chi connectivity index (χ1) is 10.4. The van der Waals surface area contributed by atoms with Gasteiger partial charge in [0.2, 0.25) is 0 Å². The fraction of sp³-hybridized carbons (Fsp3) is 0.278. The number of aromatic amines is 1. The minimum Gasteiger partial charge on any atom is -0.377 e. The molecule has 0 aliphatic carbocycles. The molecule has 0 aliphatic rings. The van der Waals surface area contributed by atoms with Crippen LogP contribution in [0.3, 0.4) is 0 Å². The third kappa shape index (κ3) is 3.31. The van der Waals surface area contributed by atoms with Crippen molar-refractivity contribution in [3.8, 4) is 11.4 Å². The molecule has 0 saturated heterocycles. The van der Waals surface area contributed by atoms with Crippen molar-refractivity contribution in [2.75, 3.05) is 6.61 Å². The average Bonchev–Trinajstić information content (AvgIpc) is 2.96. The maximum absolute atomic E-state index is 5.63. The van der Waals surface area contributed by atoms with Gasteiger partial charge in [-0.1, -0.05) is 49.7 Å². The Morgan fingerprint density at radius 3 is 2.62 bits per heavy atom. The van der Waals surface area contributed by atoms with E-state index >= 15 is 0 Å². The molecule has 0 fully saturated rings. The maximum atomic E-state index is 5.63. The molecule has 0 aliphatic heterocycles. The van der Waals surface area contributed by atoms with Crippen LogP contribution in [0.4, 0.5) is 0 Å². The standard InChI is InChI=1S/C18H20N2O/c1-2-3-12-21-13-14-8-10-15(11-9-14)18-19-16-6-4-5-7-17(16)20-18/h4-11H,2-3,12-13H2,1H3,(H,19,20). The molecule has 0 bridgehead atoms. The van der Waals surface area contributed by atoms with Crippen LogP contribution in [-0.2, 0) is 11.3 Å². The van der Waals surface area contributed by atoms with E-state index in [1.54, 1.807) is 0 Å². The maximum Gasteiger partial charge on any atom is 0.138 e. The zero-order valence-electron chi connectivity index (χ0n) is 12.3. The zero-order chi connectivity index (χ0) is 14.5. The highest BCUT2D eigenvalue weighted by atomic mass is 16.5. The summed E-state index contributed by atoms with van der Waals surface area (Å²) in [5, 5.41) is 0. The monoisotopic (exact) mass is 280 g/mol. The van der Waals surface area contributed by atoms with Crippen LogP contribution in [0, 0.1) is 0 Å². The number of hydrogen-bond donors (Lipinski definition) is 1. The van der Waals surface area contributed by atoms with Gasteiger partial charge in [-0.05, 0) is 24.1 Å². The molecule has 1 N–H and O–H groups in total. The predicted octanol–water partition coefficient (Wildman–Crippen LogP) is 4.55. The van der Waals surface area contributed by atoms with E-state index in [-0.39, 0.29) is 0 Å². The van der Waals surface area contributed by atoms with E-state index in [4.69, 9.17) is 4.74 Å². The number of unbranched alkanes of at least 4 members (excludes halogenated alkanes) is 1. The van der Waals surface area contributed by atoms with Crippen LogP contribution in [0.2, 0.25) is 0 Å². The summed E-state index contributed by atoms with van der Waals surface area (Å²) in [5.41, 5.74) is 4.37. The lowest BCUT2D eigenvalue weighted by molar-refractivity contribution is 0.118. The van der Waals surface area contributed by atoms with Crippen LogP contribution in [0.15, 0.2) is 48.5 Å². The molecule has 0 atom stereocenters. The van der Waals surface area contributed by atoms with Crippen LogP contribution in [-0.4, -0.2) is 16.6 Å². The zero-order valence-corrected chi connectivity index (χ0v) is 12.3. The Balaban J connectivity index is 1.71. The fourth-order valence-corrected chi connectivity index (χ4v) is 2.28. The summed E-state index contributed by atoms with van der Waals surface area (Å²) >= 11 is 0. The van der Waals surface area contributed by atoms with Crippen molar-refractivity contribution in [1.82, 2.24) is 9.97 Å². The minimum absolute atomic E-state index is 0.681. The van der Waals surface area contributed by atoms with E-state index in [1.165, 1.54) is 12.0 Å². The summed E-state index contributed by atoms with van der Waals surface area (Å²) in [7, 11) is 0. The average molecular weight is 280 g/mol. The van der Waals surface area contributed by atoms with Gasteiger partial charge in [-0.15, -0.1) is 0 Å².